The molecule has 0 aromatic carbocycles. The smallest absolute Gasteiger partial charge is 0.173 e. The van der Waals surface area contributed by atoms with Gasteiger partial charge >= 0.3 is 0 Å². The van der Waals surface area contributed by atoms with Crippen LogP contribution in [0.2, 0.25) is 0 Å². The zero-order valence-corrected chi connectivity index (χ0v) is 8.75. The molecule has 1 aliphatic heterocycles. The zero-order chi connectivity index (χ0) is 9.68. The van der Waals surface area contributed by atoms with Crippen molar-refractivity contribution in [3.8, 4) is 0 Å². The Morgan fingerprint density at radius 3 is 2.62 bits per heavy atom. The van der Waals surface area contributed by atoms with Gasteiger partial charge in [-0.15, -0.1) is 0 Å². The molecule has 72 valence electrons. The highest BCUT2D eigenvalue weighted by atomic mass is 15.0. The van der Waals surface area contributed by atoms with Gasteiger partial charge in [-0.05, 0) is 19.0 Å². The van der Waals surface area contributed by atoms with Crippen LogP contribution in [0.1, 0.15) is 31.9 Å². The molecule has 0 spiro atoms. The summed E-state index contributed by atoms with van der Waals surface area (Å²) in [4.78, 5) is 0. The summed E-state index contributed by atoms with van der Waals surface area (Å²) in [5.41, 5.74) is 1.40. The van der Waals surface area contributed by atoms with E-state index in [0.717, 1.165) is 0 Å². The van der Waals surface area contributed by atoms with Crippen molar-refractivity contribution in [1.29, 1.82) is 0 Å². The first-order valence-corrected chi connectivity index (χ1v) is 5.05. The van der Waals surface area contributed by atoms with E-state index < -0.39 is 0 Å². The van der Waals surface area contributed by atoms with Gasteiger partial charge in [-0.25, -0.2) is 4.57 Å². The second kappa shape index (κ2) is 4.97. The molecule has 1 aromatic rings. The lowest BCUT2D eigenvalue weighted by Crippen LogP contribution is -2.37. The Hall–Kier alpha value is -0.890. The third kappa shape index (κ3) is 2.52. The molecule has 1 unspecified atom stereocenters. The molecule has 1 atom stereocenters. The monoisotopic (exact) mass is 179 g/mol. The summed E-state index contributed by atoms with van der Waals surface area (Å²) < 4.78 is 2.09. The van der Waals surface area contributed by atoms with Gasteiger partial charge in [0.05, 0.1) is 0 Å². The molecule has 13 heavy (non-hydrogen) atoms. The van der Waals surface area contributed by atoms with Gasteiger partial charge in [0.15, 0.2) is 12.4 Å². The molecule has 0 radical (unpaired) electrons. The Kier molecular flexibility index (Phi) is 3.90. The van der Waals surface area contributed by atoms with Crippen LogP contribution in [0.3, 0.4) is 0 Å². The van der Waals surface area contributed by atoms with Crippen molar-refractivity contribution in [2.75, 3.05) is 6.54 Å². The number of rotatable bonds is 1. The number of hydrogen-bond donors (Lipinski definition) is 1. The van der Waals surface area contributed by atoms with Crippen LogP contribution in [0.5, 0.6) is 0 Å². The highest BCUT2D eigenvalue weighted by Gasteiger charge is 2.19. The molecule has 2 nitrogen and oxygen atoms in total. The second-order valence-corrected chi connectivity index (χ2v) is 3.10. The fourth-order valence-electron chi connectivity index (χ4n) is 1.39. The molecule has 1 saturated heterocycles. The van der Waals surface area contributed by atoms with Crippen molar-refractivity contribution in [2.45, 2.75) is 26.3 Å². The van der Waals surface area contributed by atoms with E-state index in [9.17, 15) is 0 Å². The van der Waals surface area contributed by atoms with Crippen LogP contribution < -0.4 is 9.88 Å². The SMILES string of the molecule is CC.C[n+]1cccc(C2CCN2)c1. The van der Waals surface area contributed by atoms with E-state index in [1.54, 1.807) is 0 Å². The van der Waals surface area contributed by atoms with E-state index in [2.05, 4.69) is 41.5 Å². The van der Waals surface area contributed by atoms with Gasteiger partial charge < -0.3 is 5.32 Å². The first-order chi connectivity index (χ1) is 6.36. The summed E-state index contributed by atoms with van der Waals surface area (Å²) in [6.07, 6.45) is 5.52. The van der Waals surface area contributed by atoms with Gasteiger partial charge in [0.25, 0.3) is 0 Å². The number of nitrogens with zero attached hydrogens (tertiary/aromatic N) is 1. The maximum absolute atomic E-state index is 3.38. The van der Waals surface area contributed by atoms with E-state index in [4.69, 9.17) is 0 Å². The van der Waals surface area contributed by atoms with Crippen LogP contribution >= 0.6 is 0 Å². The normalized spacial score (nSPS) is 19.8. The Bertz CT molecular complexity index is 254. The van der Waals surface area contributed by atoms with E-state index >= 15 is 0 Å². The third-order valence-electron chi connectivity index (χ3n) is 2.19. The van der Waals surface area contributed by atoms with Gasteiger partial charge in [-0.1, -0.05) is 13.8 Å². The Morgan fingerprint density at radius 2 is 2.15 bits per heavy atom. The van der Waals surface area contributed by atoms with Gasteiger partial charge in [-0.3, -0.25) is 0 Å². The molecular formula is C11H19N2+. The summed E-state index contributed by atoms with van der Waals surface area (Å²) in [6.45, 7) is 5.17. The molecule has 0 amide bonds. The Morgan fingerprint density at radius 1 is 1.46 bits per heavy atom. The molecule has 1 aliphatic rings. The fraction of sp³-hybridized carbons (Fsp3) is 0.545. The average molecular weight is 179 g/mol. The van der Waals surface area contributed by atoms with Crippen molar-refractivity contribution in [1.82, 2.24) is 5.32 Å². The van der Waals surface area contributed by atoms with E-state index in [0.29, 0.717) is 6.04 Å². The lowest BCUT2D eigenvalue weighted by atomic mass is 10.00. The molecule has 1 N–H and O–H groups in total. The number of aryl methyl sites for hydroxylation is 1. The van der Waals surface area contributed by atoms with Gasteiger partial charge in [0, 0.05) is 17.7 Å². The van der Waals surface area contributed by atoms with Gasteiger partial charge in [-0.2, -0.15) is 0 Å². The molecule has 1 aromatic heterocycles. The maximum atomic E-state index is 3.38. The lowest BCUT2D eigenvalue weighted by Gasteiger charge is -2.26. The largest absolute Gasteiger partial charge is 0.310 e. The van der Waals surface area contributed by atoms with Crippen LogP contribution in [-0.4, -0.2) is 6.54 Å². The summed E-state index contributed by atoms with van der Waals surface area (Å²) >= 11 is 0. The highest BCUT2D eigenvalue weighted by molar-refractivity contribution is 5.13. The Labute approximate surface area is 80.6 Å². The minimum atomic E-state index is 0.613. The molecular weight excluding hydrogens is 160 g/mol. The molecule has 0 aliphatic carbocycles. The topological polar surface area (TPSA) is 15.9 Å². The van der Waals surface area contributed by atoms with Crippen molar-refractivity contribution >= 4 is 0 Å². The summed E-state index contributed by atoms with van der Waals surface area (Å²) in [5.74, 6) is 0. The standard InChI is InChI=1S/C9H13N2.C2H6/c1-11-6-2-3-8(7-11)9-4-5-10-9;1-2/h2-3,6-7,9-10H,4-5H2,1H3;1-2H3/q+1;. The zero-order valence-electron chi connectivity index (χ0n) is 8.75. The minimum absolute atomic E-state index is 0.613. The minimum Gasteiger partial charge on any atom is -0.310 e. The van der Waals surface area contributed by atoms with E-state index in [-0.39, 0.29) is 0 Å². The van der Waals surface area contributed by atoms with Crippen LogP contribution in [0, 0.1) is 0 Å². The Balaban J connectivity index is 0.000000396. The number of pyridine rings is 1. The maximum Gasteiger partial charge on any atom is 0.173 e. The molecule has 0 bridgehead atoms. The van der Waals surface area contributed by atoms with Crippen LogP contribution in [0.4, 0.5) is 0 Å². The first kappa shape index (κ1) is 10.2. The van der Waals surface area contributed by atoms with Crippen LogP contribution in [0.15, 0.2) is 24.5 Å². The summed E-state index contributed by atoms with van der Waals surface area (Å²) in [5, 5.41) is 3.38. The van der Waals surface area contributed by atoms with Gasteiger partial charge in [0.1, 0.15) is 7.05 Å². The number of nitrogens with one attached hydrogen (secondary N) is 1. The highest BCUT2D eigenvalue weighted by Crippen LogP contribution is 2.20. The van der Waals surface area contributed by atoms with Crippen molar-refractivity contribution in [3.05, 3.63) is 30.1 Å². The second-order valence-electron chi connectivity index (χ2n) is 3.10. The first-order valence-electron chi connectivity index (χ1n) is 5.05. The predicted octanol–water partition coefficient (Wildman–Crippen LogP) is 1.57. The molecule has 2 heteroatoms. The van der Waals surface area contributed by atoms with Crippen molar-refractivity contribution < 1.29 is 4.57 Å². The third-order valence-corrected chi connectivity index (χ3v) is 2.19. The van der Waals surface area contributed by atoms with Gasteiger partial charge in [0.2, 0.25) is 0 Å². The van der Waals surface area contributed by atoms with Crippen LogP contribution in [0.25, 0.3) is 0 Å². The van der Waals surface area contributed by atoms with Crippen molar-refractivity contribution in [2.24, 2.45) is 7.05 Å². The number of aromatic nitrogens is 1. The summed E-state index contributed by atoms with van der Waals surface area (Å²) in [6, 6.07) is 4.88. The molecule has 1 fully saturated rings. The van der Waals surface area contributed by atoms with Crippen LogP contribution in [-0.2, 0) is 7.05 Å². The molecule has 2 heterocycles. The average Bonchev–Trinajstić information content (AvgIpc) is 2.05. The van der Waals surface area contributed by atoms with Crippen molar-refractivity contribution in [3.63, 3.8) is 0 Å². The van der Waals surface area contributed by atoms with E-state index in [1.807, 2.05) is 13.8 Å². The number of hydrogen-bond acceptors (Lipinski definition) is 1. The fourth-order valence-corrected chi connectivity index (χ4v) is 1.39. The molecule has 0 saturated carbocycles. The quantitative estimate of drug-likeness (QED) is 0.647. The molecule has 2 rings (SSSR count). The predicted molar refractivity (Wildman–Crippen MR) is 54.3 cm³/mol. The van der Waals surface area contributed by atoms with E-state index in [1.165, 1.54) is 18.5 Å². The summed E-state index contributed by atoms with van der Waals surface area (Å²) in [7, 11) is 2.06. The lowest BCUT2D eigenvalue weighted by molar-refractivity contribution is -0.672.